The second-order valence-corrected chi connectivity index (χ2v) is 9.01. The Morgan fingerprint density at radius 1 is 0.476 bits per heavy atom. The van der Waals surface area contributed by atoms with Crippen LogP contribution in [0.5, 0.6) is 0 Å². The highest BCUT2D eigenvalue weighted by atomic mass is 16.5. The van der Waals surface area contributed by atoms with Crippen LogP contribution in [-0.4, -0.2) is 12.2 Å². The van der Waals surface area contributed by atoms with E-state index in [4.69, 9.17) is 4.74 Å². The zero-order valence-corrected chi connectivity index (χ0v) is 13.5. The lowest BCUT2D eigenvalue weighted by Gasteiger charge is -2.50. The molecule has 5 aliphatic rings. The first-order valence-electron chi connectivity index (χ1n) is 10.1. The molecule has 0 spiro atoms. The van der Waals surface area contributed by atoms with Crippen molar-refractivity contribution in [2.75, 3.05) is 0 Å². The van der Waals surface area contributed by atoms with E-state index >= 15 is 0 Å². The molecule has 0 N–H and O–H groups in total. The monoisotopic (exact) mass is 288 g/mol. The van der Waals surface area contributed by atoms with E-state index in [-0.39, 0.29) is 0 Å². The second kappa shape index (κ2) is 5.25. The van der Waals surface area contributed by atoms with Gasteiger partial charge in [0.05, 0.1) is 12.2 Å². The molecule has 0 aromatic carbocycles. The van der Waals surface area contributed by atoms with Gasteiger partial charge in [-0.25, -0.2) is 0 Å². The van der Waals surface area contributed by atoms with E-state index in [0.717, 1.165) is 35.5 Å². The van der Waals surface area contributed by atoms with Crippen LogP contribution in [-0.2, 0) is 4.74 Å². The second-order valence-electron chi connectivity index (χ2n) is 9.01. The molecule has 5 rings (SSSR count). The molecule has 8 unspecified atom stereocenters. The van der Waals surface area contributed by atoms with Crippen molar-refractivity contribution in [2.45, 2.75) is 89.3 Å². The Morgan fingerprint density at radius 2 is 1.24 bits per heavy atom. The van der Waals surface area contributed by atoms with Gasteiger partial charge in [0, 0.05) is 0 Å². The van der Waals surface area contributed by atoms with Crippen LogP contribution < -0.4 is 0 Å². The first-order chi connectivity index (χ1) is 10.4. The van der Waals surface area contributed by atoms with Gasteiger partial charge in [0.15, 0.2) is 0 Å². The fourth-order valence-electron chi connectivity index (χ4n) is 7.39. The fraction of sp³-hybridized carbons (Fsp3) is 1.00. The van der Waals surface area contributed by atoms with Gasteiger partial charge in [-0.3, -0.25) is 0 Å². The first-order valence-corrected chi connectivity index (χ1v) is 10.1. The van der Waals surface area contributed by atoms with Crippen molar-refractivity contribution in [3.63, 3.8) is 0 Å². The van der Waals surface area contributed by atoms with Gasteiger partial charge in [-0.05, 0) is 80.5 Å². The zero-order valence-electron chi connectivity index (χ0n) is 13.5. The van der Waals surface area contributed by atoms with Crippen molar-refractivity contribution in [3.05, 3.63) is 0 Å². The lowest BCUT2D eigenvalue weighted by atomic mass is 9.63. The van der Waals surface area contributed by atoms with Gasteiger partial charge in [0.25, 0.3) is 0 Å². The molecule has 5 fully saturated rings. The van der Waals surface area contributed by atoms with Gasteiger partial charge in [-0.15, -0.1) is 0 Å². The third-order valence-corrected chi connectivity index (χ3v) is 8.22. The SMILES string of the molecule is C1CCC2OC3CCC4C5CCCCC5CC4C3CC2C1. The summed E-state index contributed by atoms with van der Waals surface area (Å²) < 4.78 is 6.66. The molecule has 1 heterocycles. The van der Waals surface area contributed by atoms with E-state index in [1.54, 1.807) is 19.3 Å². The van der Waals surface area contributed by atoms with Crippen molar-refractivity contribution in [1.82, 2.24) is 0 Å². The van der Waals surface area contributed by atoms with Crippen LogP contribution >= 0.6 is 0 Å². The largest absolute Gasteiger partial charge is 0.374 e. The van der Waals surface area contributed by atoms with Crippen LogP contribution in [0, 0.1) is 35.5 Å². The maximum Gasteiger partial charge on any atom is 0.0610 e. The molecule has 0 aromatic rings. The van der Waals surface area contributed by atoms with E-state index in [1.165, 1.54) is 57.8 Å². The Hall–Kier alpha value is -0.0400. The summed E-state index contributed by atoms with van der Waals surface area (Å²) >= 11 is 0. The molecule has 0 aromatic heterocycles. The van der Waals surface area contributed by atoms with Crippen molar-refractivity contribution in [2.24, 2.45) is 35.5 Å². The molecule has 1 saturated heterocycles. The molecule has 1 heteroatoms. The summed E-state index contributed by atoms with van der Waals surface area (Å²) in [7, 11) is 0. The van der Waals surface area contributed by atoms with Crippen molar-refractivity contribution in [3.8, 4) is 0 Å². The molecule has 21 heavy (non-hydrogen) atoms. The van der Waals surface area contributed by atoms with E-state index in [2.05, 4.69) is 0 Å². The summed E-state index contributed by atoms with van der Waals surface area (Å²) in [4.78, 5) is 0. The third kappa shape index (κ3) is 2.13. The van der Waals surface area contributed by atoms with Crippen LogP contribution in [0.15, 0.2) is 0 Å². The quantitative estimate of drug-likeness (QED) is 0.596. The van der Waals surface area contributed by atoms with Crippen molar-refractivity contribution >= 4 is 0 Å². The molecule has 0 radical (unpaired) electrons. The number of fused-ring (bicyclic) bond motifs is 6. The standard InChI is InChI=1S/C20H32O/c1-3-7-15-13(5-1)11-17-16(15)9-10-20-18(17)12-14-6-2-4-8-19(14)21-20/h13-20H,1-12H2. The minimum atomic E-state index is 0.653. The van der Waals surface area contributed by atoms with Gasteiger partial charge in [-0.2, -0.15) is 0 Å². The maximum absolute atomic E-state index is 6.66. The fourth-order valence-corrected chi connectivity index (χ4v) is 7.39. The van der Waals surface area contributed by atoms with Gasteiger partial charge in [0.1, 0.15) is 0 Å². The minimum Gasteiger partial charge on any atom is -0.374 e. The summed E-state index contributed by atoms with van der Waals surface area (Å²) in [5, 5.41) is 0. The average Bonchev–Trinajstić information content (AvgIpc) is 2.92. The third-order valence-electron chi connectivity index (χ3n) is 8.22. The van der Waals surface area contributed by atoms with E-state index in [0.29, 0.717) is 12.2 Å². The Labute approximate surface area is 130 Å². The highest BCUT2D eigenvalue weighted by Crippen LogP contribution is 2.59. The number of hydrogen-bond acceptors (Lipinski definition) is 1. The molecule has 4 aliphatic carbocycles. The van der Waals surface area contributed by atoms with E-state index < -0.39 is 0 Å². The summed E-state index contributed by atoms with van der Waals surface area (Å²) in [6.07, 6.45) is 19.2. The molecule has 4 saturated carbocycles. The van der Waals surface area contributed by atoms with E-state index in [9.17, 15) is 0 Å². The van der Waals surface area contributed by atoms with E-state index in [1.807, 2.05) is 0 Å². The first kappa shape index (κ1) is 13.4. The molecule has 0 amide bonds. The predicted octanol–water partition coefficient (Wildman–Crippen LogP) is 5.19. The summed E-state index contributed by atoms with van der Waals surface area (Å²) in [5.74, 6) is 6.26. The molecular weight excluding hydrogens is 256 g/mol. The van der Waals surface area contributed by atoms with Crippen LogP contribution in [0.2, 0.25) is 0 Å². The van der Waals surface area contributed by atoms with Gasteiger partial charge >= 0.3 is 0 Å². The van der Waals surface area contributed by atoms with Crippen LogP contribution in [0.25, 0.3) is 0 Å². The molecule has 8 atom stereocenters. The Kier molecular flexibility index (Phi) is 3.35. The van der Waals surface area contributed by atoms with Crippen molar-refractivity contribution < 1.29 is 4.74 Å². The normalized spacial score (nSPS) is 56.0. The molecular formula is C20H32O. The lowest BCUT2D eigenvalue weighted by molar-refractivity contribution is -0.162. The highest BCUT2D eigenvalue weighted by Gasteiger charge is 2.53. The Bertz CT molecular complexity index is 391. The van der Waals surface area contributed by atoms with Crippen LogP contribution in [0.4, 0.5) is 0 Å². The van der Waals surface area contributed by atoms with Gasteiger partial charge < -0.3 is 4.74 Å². The van der Waals surface area contributed by atoms with Crippen molar-refractivity contribution in [1.29, 1.82) is 0 Å². The Balaban J connectivity index is 1.36. The lowest BCUT2D eigenvalue weighted by Crippen LogP contribution is -2.48. The highest BCUT2D eigenvalue weighted by molar-refractivity contribution is 5.02. The number of ether oxygens (including phenoxy) is 1. The summed E-state index contributed by atoms with van der Waals surface area (Å²) in [6, 6.07) is 0. The van der Waals surface area contributed by atoms with Crippen LogP contribution in [0.3, 0.4) is 0 Å². The average molecular weight is 288 g/mol. The van der Waals surface area contributed by atoms with Crippen LogP contribution in [0.1, 0.15) is 77.0 Å². The minimum absolute atomic E-state index is 0.653. The smallest absolute Gasteiger partial charge is 0.0610 e. The zero-order chi connectivity index (χ0) is 13.8. The topological polar surface area (TPSA) is 9.23 Å². The van der Waals surface area contributed by atoms with Gasteiger partial charge in [-0.1, -0.05) is 32.1 Å². The molecule has 118 valence electrons. The number of hydrogen-bond donors (Lipinski definition) is 0. The predicted molar refractivity (Wildman–Crippen MR) is 85.0 cm³/mol. The molecule has 0 bridgehead atoms. The molecule has 1 aliphatic heterocycles. The summed E-state index contributed by atoms with van der Waals surface area (Å²) in [5.41, 5.74) is 0. The van der Waals surface area contributed by atoms with Gasteiger partial charge in [0.2, 0.25) is 0 Å². The summed E-state index contributed by atoms with van der Waals surface area (Å²) in [6.45, 7) is 0. The number of rotatable bonds is 0. The molecule has 1 nitrogen and oxygen atoms in total. The maximum atomic E-state index is 6.66. The Morgan fingerprint density at radius 3 is 2.19 bits per heavy atom.